The third-order valence-electron chi connectivity index (χ3n) is 2.69. The summed E-state index contributed by atoms with van der Waals surface area (Å²) in [4.78, 5) is 11.9. The summed E-state index contributed by atoms with van der Waals surface area (Å²) in [6.45, 7) is 4.31. The fourth-order valence-corrected chi connectivity index (χ4v) is 1.60. The molecule has 0 saturated heterocycles. The zero-order chi connectivity index (χ0) is 12.8. The summed E-state index contributed by atoms with van der Waals surface area (Å²) in [5.74, 6) is 2.51. The third kappa shape index (κ3) is 3.61. The zero-order valence-electron chi connectivity index (χ0n) is 10.2. The van der Waals surface area contributed by atoms with Gasteiger partial charge in [-0.2, -0.15) is 0 Å². The number of nitrogens with one attached hydrogen (secondary N) is 1. The lowest BCUT2D eigenvalue weighted by Gasteiger charge is -2.18. The van der Waals surface area contributed by atoms with E-state index < -0.39 is 0 Å². The Balaban J connectivity index is 2.77. The van der Waals surface area contributed by atoms with E-state index in [4.69, 9.17) is 12.2 Å². The topological polar surface area (TPSA) is 55.1 Å². The molecule has 1 unspecified atom stereocenters. The number of carbonyl (C=O) groups excluding carboxylic acids is 1. The van der Waals surface area contributed by atoms with Crippen molar-refractivity contribution >= 4 is 11.6 Å². The van der Waals surface area contributed by atoms with Gasteiger partial charge in [0.2, 0.25) is 5.91 Å². The van der Waals surface area contributed by atoms with Crippen molar-refractivity contribution in [2.45, 2.75) is 13.8 Å². The van der Waals surface area contributed by atoms with Crippen LogP contribution in [0.2, 0.25) is 0 Å². The van der Waals surface area contributed by atoms with Crippen molar-refractivity contribution in [3.63, 3.8) is 0 Å². The second-order valence-corrected chi connectivity index (χ2v) is 4.30. The molecule has 0 heterocycles. The molecule has 0 bridgehead atoms. The Morgan fingerprint density at radius 3 is 2.76 bits per heavy atom. The Kier molecular flexibility index (Phi) is 4.74. The van der Waals surface area contributed by atoms with Crippen LogP contribution in [0.1, 0.15) is 19.4 Å². The number of nitrogens with two attached hydrogens (primary N) is 1. The molecular formula is C14H18N2O. The smallest absolute Gasteiger partial charge is 0.229 e. The van der Waals surface area contributed by atoms with Gasteiger partial charge in [0.15, 0.2) is 0 Å². The first kappa shape index (κ1) is 13.3. The van der Waals surface area contributed by atoms with Gasteiger partial charge < -0.3 is 11.1 Å². The number of rotatable bonds is 4. The first-order valence-corrected chi connectivity index (χ1v) is 5.66. The van der Waals surface area contributed by atoms with Crippen molar-refractivity contribution in [1.29, 1.82) is 0 Å². The number of amides is 1. The number of carbonyl (C=O) groups is 1. The summed E-state index contributed by atoms with van der Waals surface area (Å²) in [7, 11) is 0. The van der Waals surface area contributed by atoms with Gasteiger partial charge in [-0.15, -0.1) is 6.42 Å². The average molecular weight is 230 g/mol. The summed E-state index contributed by atoms with van der Waals surface area (Å²) < 4.78 is 0. The van der Waals surface area contributed by atoms with Crippen molar-refractivity contribution in [3.8, 4) is 12.3 Å². The van der Waals surface area contributed by atoms with E-state index in [9.17, 15) is 4.79 Å². The van der Waals surface area contributed by atoms with Crippen molar-refractivity contribution in [1.82, 2.24) is 0 Å². The Bertz CT molecular complexity index is 432. The highest BCUT2D eigenvalue weighted by atomic mass is 16.1. The molecule has 3 N–H and O–H groups in total. The van der Waals surface area contributed by atoms with Gasteiger partial charge in [-0.1, -0.05) is 25.8 Å². The number of hydrogen-bond donors (Lipinski definition) is 2. The maximum atomic E-state index is 11.9. The van der Waals surface area contributed by atoms with Crippen LogP contribution in [0.3, 0.4) is 0 Å². The van der Waals surface area contributed by atoms with Crippen LogP contribution in [0.25, 0.3) is 0 Å². The molecule has 1 amide bonds. The van der Waals surface area contributed by atoms with Crippen LogP contribution < -0.4 is 11.1 Å². The van der Waals surface area contributed by atoms with Crippen LogP contribution in [-0.2, 0) is 4.79 Å². The Morgan fingerprint density at radius 1 is 1.53 bits per heavy atom. The predicted octanol–water partition coefficient (Wildman–Crippen LogP) is 1.84. The summed E-state index contributed by atoms with van der Waals surface area (Å²) in [6.07, 6.45) is 5.30. The van der Waals surface area contributed by atoms with Crippen molar-refractivity contribution in [3.05, 3.63) is 29.8 Å². The predicted molar refractivity (Wildman–Crippen MR) is 70.4 cm³/mol. The minimum Gasteiger partial charge on any atom is -0.330 e. The molecule has 1 aromatic rings. The Hall–Kier alpha value is -1.79. The Labute approximate surface area is 102 Å². The molecule has 1 atom stereocenters. The quantitative estimate of drug-likeness (QED) is 0.775. The van der Waals surface area contributed by atoms with Gasteiger partial charge in [0.25, 0.3) is 0 Å². The lowest BCUT2D eigenvalue weighted by Crippen LogP contribution is -2.33. The molecule has 3 nitrogen and oxygen atoms in total. The molecule has 0 radical (unpaired) electrons. The lowest BCUT2D eigenvalue weighted by atomic mass is 9.95. The SMILES string of the molecule is C#Cc1cccc(NC(=O)C(CN)C(C)C)c1. The maximum absolute atomic E-state index is 11.9. The van der Waals surface area contributed by atoms with Crippen LogP contribution in [0, 0.1) is 24.2 Å². The molecule has 1 rings (SSSR count). The number of terminal acetylenes is 1. The normalized spacial score (nSPS) is 11.9. The van der Waals surface area contributed by atoms with E-state index in [-0.39, 0.29) is 17.7 Å². The van der Waals surface area contributed by atoms with Crippen LogP contribution in [0.4, 0.5) is 5.69 Å². The third-order valence-corrected chi connectivity index (χ3v) is 2.69. The molecule has 0 aromatic heterocycles. The molecule has 3 heteroatoms. The number of anilines is 1. The largest absolute Gasteiger partial charge is 0.330 e. The highest BCUT2D eigenvalue weighted by Crippen LogP contribution is 2.15. The highest BCUT2D eigenvalue weighted by molar-refractivity contribution is 5.93. The van der Waals surface area contributed by atoms with Crippen molar-refractivity contribution in [2.75, 3.05) is 11.9 Å². The molecule has 1 aromatic carbocycles. The van der Waals surface area contributed by atoms with E-state index in [1.807, 2.05) is 32.0 Å². The van der Waals surface area contributed by atoms with Gasteiger partial charge in [0, 0.05) is 17.8 Å². The van der Waals surface area contributed by atoms with Crippen molar-refractivity contribution in [2.24, 2.45) is 17.6 Å². The molecule has 0 fully saturated rings. The summed E-state index contributed by atoms with van der Waals surface area (Å²) >= 11 is 0. The fourth-order valence-electron chi connectivity index (χ4n) is 1.60. The molecule has 0 aliphatic carbocycles. The van der Waals surface area contributed by atoms with Crippen molar-refractivity contribution < 1.29 is 4.79 Å². The van der Waals surface area contributed by atoms with Gasteiger partial charge in [-0.3, -0.25) is 4.79 Å². The highest BCUT2D eigenvalue weighted by Gasteiger charge is 2.20. The standard InChI is InChI=1S/C14H18N2O/c1-4-11-6-5-7-12(8-11)16-14(17)13(9-15)10(2)3/h1,5-8,10,13H,9,15H2,2-3H3,(H,16,17). The minimum absolute atomic E-state index is 0.0586. The first-order valence-electron chi connectivity index (χ1n) is 5.66. The van der Waals surface area contributed by atoms with Gasteiger partial charge in [-0.25, -0.2) is 0 Å². The molecule has 0 aliphatic heterocycles. The maximum Gasteiger partial charge on any atom is 0.229 e. The van der Waals surface area contributed by atoms with Gasteiger partial charge in [0.05, 0.1) is 5.92 Å². The second kappa shape index (κ2) is 6.07. The average Bonchev–Trinajstić information content (AvgIpc) is 2.29. The van der Waals surface area contributed by atoms with E-state index >= 15 is 0 Å². The van der Waals surface area contributed by atoms with Gasteiger partial charge in [-0.05, 0) is 24.1 Å². The Morgan fingerprint density at radius 2 is 2.24 bits per heavy atom. The minimum atomic E-state index is -0.176. The fraction of sp³-hybridized carbons (Fsp3) is 0.357. The molecular weight excluding hydrogens is 212 g/mol. The first-order chi connectivity index (χ1) is 8.08. The van der Waals surface area contributed by atoms with Gasteiger partial charge in [0.1, 0.15) is 0 Å². The monoisotopic (exact) mass is 230 g/mol. The number of hydrogen-bond acceptors (Lipinski definition) is 2. The lowest BCUT2D eigenvalue weighted by molar-refractivity contribution is -0.120. The summed E-state index contributed by atoms with van der Waals surface area (Å²) in [5.41, 5.74) is 7.05. The number of benzene rings is 1. The summed E-state index contributed by atoms with van der Waals surface area (Å²) in [6, 6.07) is 7.22. The van der Waals surface area contributed by atoms with Crippen LogP contribution >= 0.6 is 0 Å². The molecule has 90 valence electrons. The molecule has 0 saturated carbocycles. The van der Waals surface area contributed by atoms with E-state index in [1.165, 1.54) is 0 Å². The van der Waals surface area contributed by atoms with Crippen LogP contribution in [0.5, 0.6) is 0 Å². The molecule has 17 heavy (non-hydrogen) atoms. The summed E-state index contributed by atoms with van der Waals surface area (Å²) in [5, 5.41) is 2.83. The van der Waals surface area contributed by atoms with Gasteiger partial charge >= 0.3 is 0 Å². The molecule has 0 spiro atoms. The van der Waals surface area contributed by atoms with Crippen LogP contribution in [0.15, 0.2) is 24.3 Å². The second-order valence-electron chi connectivity index (χ2n) is 4.30. The molecule has 0 aliphatic rings. The van der Waals surface area contributed by atoms with E-state index in [0.29, 0.717) is 12.2 Å². The van der Waals surface area contributed by atoms with Crippen LogP contribution in [-0.4, -0.2) is 12.5 Å². The van der Waals surface area contributed by atoms with E-state index in [1.54, 1.807) is 6.07 Å². The van der Waals surface area contributed by atoms with E-state index in [0.717, 1.165) is 5.56 Å². The zero-order valence-corrected chi connectivity index (χ0v) is 10.2. The van der Waals surface area contributed by atoms with E-state index in [2.05, 4.69) is 11.2 Å².